The number of hydrogen-bond acceptors (Lipinski definition) is 4. The minimum absolute atomic E-state index is 0.469. The SMILES string of the molecule is Cc1cc(NC(=O)C(=O)Nc2cnn(CCC(C)C)c2C)n(C)n1. The quantitative estimate of drug-likeness (QED) is 0.817. The van der Waals surface area contributed by atoms with Gasteiger partial charge in [0.15, 0.2) is 0 Å². The number of anilines is 2. The van der Waals surface area contributed by atoms with Crippen molar-refractivity contribution in [3.8, 4) is 0 Å². The lowest BCUT2D eigenvalue weighted by atomic mass is 10.1. The zero-order valence-corrected chi connectivity index (χ0v) is 14.8. The second kappa shape index (κ2) is 7.29. The van der Waals surface area contributed by atoms with Crippen LogP contribution in [0, 0.1) is 19.8 Å². The van der Waals surface area contributed by atoms with Crippen molar-refractivity contribution in [2.24, 2.45) is 13.0 Å². The van der Waals surface area contributed by atoms with Crippen LogP contribution in [0.4, 0.5) is 11.5 Å². The fourth-order valence-corrected chi connectivity index (χ4v) is 2.25. The molecule has 8 heteroatoms. The summed E-state index contributed by atoms with van der Waals surface area (Å²) in [6.07, 6.45) is 2.56. The highest BCUT2D eigenvalue weighted by Crippen LogP contribution is 2.15. The molecule has 24 heavy (non-hydrogen) atoms. The molecule has 2 aromatic rings. The van der Waals surface area contributed by atoms with E-state index in [0.29, 0.717) is 17.4 Å². The third-order valence-corrected chi connectivity index (χ3v) is 3.72. The Labute approximate surface area is 141 Å². The first kappa shape index (κ1) is 17.7. The fourth-order valence-electron chi connectivity index (χ4n) is 2.25. The van der Waals surface area contributed by atoms with E-state index >= 15 is 0 Å². The molecule has 0 atom stereocenters. The van der Waals surface area contributed by atoms with Crippen molar-refractivity contribution < 1.29 is 9.59 Å². The van der Waals surface area contributed by atoms with Crippen LogP contribution in [0.3, 0.4) is 0 Å². The van der Waals surface area contributed by atoms with Crippen LogP contribution in [0.25, 0.3) is 0 Å². The molecule has 2 heterocycles. The molecule has 2 amide bonds. The summed E-state index contributed by atoms with van der Waals surface area (Å²) in [6, 6.07) is 1.69. The molecule has 2 rings (SSSR count). The van der Waals surface area contributed by atoms with Crippen molar-refractivity contribution in [3.05, 3.63) is 23.7 Å². The number of hydrogen-bond donors (Lipinski definition) is 2. The normalized spacial score (nSPS) is 10.9. The Morgan fingerprint density at radius 3 is 2.46 bits per heavy atom. The zero-order valence-electron chi connectivity index (χ0n) is 14.8. The number of aromatic nitrogens is 4. The van der Waals surface area contributed by atoms with Gasteiger partial charge in [-0.15, -0.1) is 0 Å². The Morgan fingerprint density at radius 2 is 1.88 bits per heavy atom. The summed E-state index contributed by atoms with van der Waals surface area (Å²) in [7, 11) is 1.70. The average Bonchev–Trinajstić information content (AvgIpc) is 3.00. The fraction of sp³-hybridized carbons (Fsp3) is 0.500. The van der Waals surface area contributed by atoms with E-state index in [4.69, 9.17) is 0 Å². The van der Waals surface area contributed by atoms with Gasteiger partial charge in [0.05, 0.1) is 23.3 Å². The van der Waals surface area contributed by atoms with Gasteiger partial charge in [-0.05, 0) is 26.2 Å². The minimum atomic E-state index is -0.743. The molecule has 130 valence electrons. The smallest absolute Gasteiger partial charge is 0.315 e. The Hall–Kier alpha value is -2.64. The van der Waals surface area contributed by atoms with Crippen LogP contribution in [0.5, 0.6) is 0 Å². The Kier molecular flexibility index (Phi) is 5.38. The number of carbonyl (C=O) groups excluding carboxylic acids is 2. The first-order valence-corrected chi connectivity index (χ1v) is 7.93. The van der Waals surface area contributed by atoms with Gasteiger partial charge >= 0.3 is 11.8 Å². The molecular weight excluding hydrogens is 308 g/mol. The average molecular weight is 332 g/mol. The molecule has 0 saturated carbocycles. The van der Waals surface area contributed by atoms with Crippen molar-refractivity contribution in [1.82, 2.24) is 19.6 Å². The lowest BCUT2D eigenvalue weighted by Gasteiger charge is -2.08. The second-order valence-electron chi connectivity index (χ2n) is 6.25. The van der Waals surface area contributed by atoms with Gasteiger partial charge in [-0.2, -0.15) is 10.2 Å². The van der Waals surface area contributed by atoms with Gasteiger partial charge in [-0.25, -0.2) is 0 Å². The van der Waals surface area contributed by atoms with E-state index in [1.54, 1.807) is 19.3 Å². The Bertz CT molecular complexity index is 744. The molecule has 0 spiro atoms. The van der Waals surface area contributed by atoms with Gasteiger partial charge in [-0.3, -0.25) is 19.0 Å². The molecule has 0 saturated heterocycles. The Balaban J connectivity index is 1.99. The first-order valence-electron chi connectivity index (χ1n) is 7.93. The van der Waals surface area contributed by atoms with Crippen molar-refractivity contribution in [1.29, 1.82) is 0 Å². The van der Waals surface area contributed by atoms with Crippen molar-refractivity contribution in [2.75, 3.05) is 10.6 Å². The number of rotatable bonds is 5. The number of nitrogens with one attached hydrogen (secondary N) is 2. The summed E-state index contributed by atoms with van der Waals surface area (Å²) in [5, 5.41) is 13.5. The predicted octanol–water partition coefficient (Wildman–Crippen LogP) is 1.86. The molecule has 0 aliphatic rings. The maximum Gasteiger partial charge on any atom is 0.315 e. The maximum atomic E-state index is 12.1. The van der Waals surface area contributed by atoms with Gasteiger partial charge in [0, 0.05) is 19.7 Å². The molecule has 2 aromatic heterocycles. The molecule has 0 aliphatic heterocycles. The molecule has 0 aromatic carbocycles. The van der Waals surface area contributed by atoms with Crippen LogP contribution in [0.2, 0.25) is 0 Å². The highest BCUT2D eigenvalue weighted by Gasteiger charge is 2.18. The lowest BCUT2D eigenvalue weighted by Crippen LogP contribution is -2.30. The van der Waals surface area contributed by atoms with Gasteiger partial charge in [0.1, 0.15) is 5.82 Å². The maximum absolute atomic E-state index is 12.1. The highest BCUT2D eigenvalue weighted by atomic mass is 16.2. The van der Waals surface area contributed by atoms with E-state index in [9.17, 15) is 9.59 Å². The summed E-state index contributed by atoms with van der Waals surface area (Å²) in [6.45, 7) is 8.74. The lowest BCUT2D eigenvalue weighted by molar-refractivity contribution is -0.133. The predicted molar refractivity (Wildman–Crippen MR) is 91.6 cm³/mol. The van der Waals surface area contributed by atoms with Crippen molar-refractivity contribution in [2.45, 2.75) is 40.7 Å². The molecule has 0 unspecified atom stereocenters. The Morgan fingerprint density at radius 1 is 1.21 bits per heavy atom. The van der Waals surface area contributed by atoms with E-state index < -0.39 is 11.8 Å². The van der Waals surface area contributed by atoms with E-state index in [2.05, 4.69) is 34.7 Å². The molecule has 8 nitrogen and oxygen atoms in total. The van der Waals surface area contributed by atoms with Crippen molar-refractivity contribution >= 4 is 23.3 Å². The van der Waals surface area contributed by atoms with Gasteiger partial charge in [0.25, 0.3) is 0 Å². The van der Waals surface area contributed by atoms with Crippen LogP contribution in [0.15, 0.2) is 12.3 Å². The van der Waals surface area contributed by atoms with Crippen LogP contribution in [-0.4, -0.2) is 31.4 Å². The number of carbonyl (C=O) groups is 2. The standard InChI is InChI=1S/C16H24N6O2/c1-10(2)6-7-22-12(4)13(9-17-22)18-15(23)16(24)19-14-8-11(3)20-21(14)5/h8-10H,6-7H2,1-5H3,(H,18,23)(H,19,24). The summed E-state index contributed by atoms with van der Waals surface area (Å²) >= 11 is 0. The summed E-state index contributed by atoms with van der Waals surface area (Å²) in [5.41, 5.74) is 2.13. The van der Waals surface area contributed by atoms with Gasteiger partial charge in [-0.1, -0.05) is 13.8 Å². The number of amides is 2. The van der Waals surface area contributed by atoms with Crippen molar-refractivity contribution in [3.63, 3.8) is 0 Å². The molecule has 2 N–H and O–H groups in total. The summed E-state index contributed by atoms with van der Waals surface area (Å²) in [4.78, 5) is 24.1. The topological polar surface area (TPSA) is 93.8 Å². The summed E-state index contributed by atoms with van der Waals surface area (Å²) < 4.78 is 3.34. The molecule has 0 radical (unpaired) electrons. The molecule has 0 bridgehead atoms. The zero-order chi connectivity index (χ0) is 17.9. The molecular formula is C16H24N6O2. The molecule has 0 aliphatic carbocycles. The summed E-state index contributed by atoms with van der Waals surface area (Å²) in [5.74, 6) is -0.440. The monoisotopic (exact) mass is 332 g/mol. The first-order chi connectivity index (χ1) is 11.3. The van der Waals surface area contributed by atoms with Crippen LogP contribution in [0.1, 0.15) is 31.7 Å². The van der Waals surface area contributed by atoms with E-state index in [0.717, 1.165) is 24.4 Å². The van der Waals surface area contributed by atoms with E-state index in [-0.39, 0.29) is 0 Å². The minimum Gasteiger partial charge on any atom is -0.315 e. The van der Waals surface area contributed by atoms with Crippen LogP contribution in [-0.2, 0) is 23.2 Å². The number of aryl methyl sites for hydroxylation is 3. The molecule has 0 fully saturated rings. The van der Waals surface area contributed by atoms with E-state index in [1.807, 2.05) is 18.5 Å². The van der Waals surface area contributed by atoms with Crippen LogP contribution >= 0.6 is 0 Å². The third kappa shape index (κ3) is 4.21. The van der Waals surface area contributed by atoms with E-state index in [1.165, 1.54) is 4.68 Å². The largest absolute Gasteiger partial charge is 0.315 e. The second-order valence-corrected chi connectivity index (χ2v) is 6.25. The highest BCUT2D eigenvalue weighted by molar-refractivity contribution is 6.43. The van der Waals surface area contributed by atoms with Gasteiger partial charge < -0.3 is 10.6 Å². The van der Waals surface area contributed by atoms with Crippen LogP contribution < -0.4 is 10.6 Å². The van der Waals surface area contributed by atoms with Gasteiger partial charge in [0.2, 0.25) is 0 Å². The number of nitrogens with zero attached hydrogens (tertiary/aromatic N) is 4. The third-order valence-electron chi connectivity index (χ3n) is 3.72.